The highest BCUT2D eigenvalue weighted by molar-refractivity contribution is 7.10. The lowest BCUT2D eigenvalue weighted by Crippen LogP contribution is -2.54. The van der Waals surface area contributed by atoms with Crippen LogP contribution in [-0.2, 0) is 9.59 Å². The van der Waals surface area contributed by atoms with Crippen molar-refractivity contribution in [2.24, 2.45) is 0 Å². The van der Waals surface area contributed by atoms with E-state index in [0.717, 1.165) is 9.78 Å². The number of benzene rings is 1. The molecule has 25 heavy (non-hydrogen) atoms. The number of amides is 4. The van der Waals surface area contributed by atoms with E-state index in [9.17, 15) is 14.4 Å². The first-order valence-corrected chi connectivity index (χ1v) is 8.10. The number of nitrogens with one attached hydrogen (secondary N) is 1. The Morgan fingerprint density at radius 2 is 1.92 bits per heavy atom. The lowest BCUT2D eigenvalue weighted by Gasteiger charge is -2.27. The molecule has 0 radical (unpaired) electrons. The fourth-order valence-corrected chi connectivity index (χ4v) is 3.02. The summed E-state index contributed by atoms with van der Waals surface area (Å²) in [7, 11) is 2.89. The minimum Gasteiger partial charge on any atom is -0.497 e. The van der Waals surface area contributed by atoms with E-state index >= 15 is 0 Å². The van der Waals surface area contributed by atoms with E-state index in [1.165, 1.54) is 37.7 Å². The highest BCUT2D eigenvalue weighted by atomic mass is 32.1. The van der Waals surface area contributed by atoms with Gasteiger partial charge in [0.05, 0.1) is 19.9 Å². The number of thiophene rings is 1. The number of ether oxygens (including phenoxy) is 2. The predicted molar refractivity (Wildman–Crippen MR) is 92.9 cm³/mol. The molecule has 7 nitrogen and oxygen atoms in total. The Bertz CT molecular complexity index is 873. The predicted octanol–water partition coefficient (Wildman–Crippen LogP) is 2.43. The number of barbiturate groups is 1. The Labute approximate surface area is 147 Å². The highest BCUT2D eigenvalue weighted by Crippen LogP contribution is 2.34. The van der Waals surface area contributed by atoms with Crippen molar-refractivity contribution >= 4 is 40.9 Å². The topological polar surface area (TPSA) is 84.9 Å². The Balaban J connectivity index is 2.08. The van der Waals surface area contributed by atoms with Gasteiger partial charge >= 0.3 is 6.03 Å². The molecule has 2 heterocycles. The summed E-state index contributed by atoms with van der Waals surface area (Å²) in [6.07, 6.45) is 1.45. The summed E-state index contributed by atoms with van der Waals surface area (Å²) in [6, 6.07) is 7.44. The molecule has 1 aromatic carbocycles. The normalized spacial score (nSPS) is 16.2. The van der Waals surface area contributed by atoms with Crippen LogP contribution in [-0.4, -0.2) is 32.1 Å². The number of anilines is 1. The van der Waals surface area contributed by atoms with Crippen LogP contribution in [0.1, 0.15) is 4.88 Å². The Kier molecular flexibility index (Phi) is 4.53. The van der Waals surface area contributed by atoms with Crippen LogP contribution in [0.25, 0.3) is 6.08 Å². The SMILES string of the molecule is COc1ccc(OC)c(N2C(=O)NC(=O)/C(=C\c3cccs3)C2=O)c1. The van der Waals surface area contributed by atoms with Gasteiger partial charge in [0.2, 0.25) is 0 Å². The number of rotatable bonds is 4. The fourth-order valence-electron chi connectivity index (χ4n) is 2.36. The van der Waals surface area contributed by atoms with E-state index in [-0.39, 0.29) is 11.3 Å². The summed E-state index contributed by atoms with van der Waals surface area (Å²) in [4.78, 5) is 38.8. The molecule has 8 heteroatoms. The van der Waals surface area contributed by atoms with Gasteiger partial charge in [0.1, 0.15) is 17.1 Å². The van der Waals surface area contributed by atoms with Gasteiger partial charge in [-0.3, -0.25) is 14.9 Å². The van der Waals surface area contributed by atoms with E-state index in [1.54, 1.807) is 24.3 Å². The molecule has 0 bridgehead atoms. The van der Waals surface area contributed by atoms with Gasteiger partial charge < -0.3 is 9.47 Å². The molecule has 2 aromatic rings. The zero-order valence-corrected chi connectivity index (χ0v) is 14.3. The first-order chi connectivity index (χ1) is 12.0. The minimum absolute atomic E-state index is 0.132. The smallest absolute Gasteiger partial charge is 0.336 e. The second-order valence-corrected chi connectivity index (χ2v) is 5.99. The molecule has 1 aliphatic heterocycles. The van der Waals surface area contributed by atoms with Gasteiger partial charge in [-0.2, -0.15) is 0 Å². The van der Waals surface area contributed by atoms with E-state index in [2.05, 4.69) is 5.32 Å². The average Bonchev–Trinajstić information content (AvgIpc) is 3.11. The van der Waals surface area contributed by atoms with Crippen molar-refractivity contribution in [1.82, 2.24) is 5.32 Å². The summed E-state index contributed by atoms with van der Waals surface area (Å²) < 4.78 is 10.4. The molecule has 4 amide bonds. The van der Waals surface area contributed by atoms with Crippen LogP contribution in [0.3, 0.4) is 0 Å². The van der Waals surface area contributed by atoms with E-state index in [0.29, 0.717) is 11.5 Å². The number of imide groups is 2. The number of carbonyl (C=O) groups is 3. The van der Waals surface area contributed by atoms with Gasteiger partial charge in [-0.15, -0.1) is 11.3 Å². The number of methoxy groups -OCH3 is 2. The van der Waals surface area contributed by atoms with Crippen molar-refractivity contribution in [1.29, 1.82) is 0 Å². The van der Waals surface area contributed by atoms with Crippen LogP contribution in [0.15, 0.2) is 41.3 Å². The number of hydrogen-bond acceptors (Lipinski definition) is 6. The molecular weight excluding hydrogens is 344 g/mol. The number of nitrogens with zero attached hydrogens (tertiary/aromatic N) is 1. The second kappa shape index (κ2) is 6.78. The van der Waals surface area contributed by atoms with Gasteiger partial charge in [0.15, 0.2) is 0 Å². The van der Waals surface area contributed by atoms with Crippen molar-refractivity contribution in [3.63, 3.8) is 0 Å². The van der Waals surface area contributed by atoms with Crippen LogP contribution < -0.4 is 19.7 Å². The van der Waals surface area contributed by atoms with E-state index in [4.69, 9.17) is 9.47 Å². The van der Waals surface area contributed by atoms with Gasteiger partial charge in [0, 0.05) is 10.9 Å². The third kappa shape index (κ3) is 3.11. The van der Waals surface area contributed by atoms with Gasteiger partial charge in [-0.1, -0.05) is 6.07 Å². The minimum atomic E-state index is -0.843. The molecule has 3 rings (SSSR count). The summed E-state index contributed by atoms with van der Waals surface area (Å²) >= 11 is 1.38. The standard InChI is InChI=1S/C17H14N2O5S/c1-23-10-5-6-14(24-2)13(8-10)19-16(21)12(15(20)18-17(19)22)9-11-4-3-7-25-11/h3-9H,1-2H3,(H,18,20,22)/b12-9+. The van der Waals surface area contributed by atoms with Crippen LogP contribution in [0.5, 0.6) is 11.5 Å². The maximum absolute atomic E-state index is 12.8. The number of carbonyl (C=O) groups excluding carboxylic acids is 3. The van der Waals surface area contributed by atoms with Crippen molar-refractivity contribution in [3.8, 4) is 11.5 Å². The summed E-state index contributed by atoms with van der Waals surface area (Å²) in [6.45, 7) is 0. The molecule has 1 N–H and O–H groups in total. The lowest BCUT2D eigenvalue weighted by molar-refractivity contribution is -0.122. The first-order valence-electron chi connectivity index (χ1n) is 7.22. The highest BCUT2D eigenvalue weighted by Gasteiger charge is 2.38. The molecule has 1 saturated heterocycles. The molecule has 0 saturated carbocycles. The van der Waals surface area contributed by atoms with Gasteiger partial charge in [-0.05, 0) is 29.7 Å². The van der Waals surface area contributed by atoms with E-state index in [1.807, 2.05) is 5.38 Å². The van der Waals surface area contributed by atoms with Crippen molar-refractivity contribution < 1.29 is 23.9 Å². The quantitative estimate of drug-likeness (QED) is 0.670. The third-order valence-electron chi connectivity index (χ3n) is 3.56. The summed E-state index contributed by atoms with van der Waals surface area (Å²) in [5.41, 5.74) is 0.0563. The van der Waals surface area contributed by atoms with Crippen LogP contribution >= 0.6 is 11.3 Å². The Hall–Kier alpha value is -3.13. The maximum atomic E-state index is 12.8. The molecule has 0 aliphatic carbocycles. The number of urea groups is 1. The van der Waals surface area contributed by atoms with Crippen LogP contribution in [0.4, 0.5) is 10.5 Å². The molecule has 0 atom stereocenters. The molecule has 1 aromatic heterocycles. The van der Waals surface area contributed by atoms with Gasteiger partial charge in [0.25, 0.3) is 11.8 Å². The zero-order chi connectivity index (χ0) is 18.0. The fraction of sp³-hybridized carbons (Fsp3) is 0.118. The zero-order valence-electron chi connectivity index (χ0n) is 13.4. The Morgan fingerprint density at radius 3 is 2.56 bits per heavy atom. The number of hydrogen-bond donors (Lipinski definition) is 1. The maximum Gasteiger partial charge on any atom is 0.336 e. The van der Waals surface area contributed by atoms with Crippen molar-refractivity contribution in [2.45, 2.75) is 0 Å². The van der Waals surface area contributed by atoms with Crippen LogP contribution in [0.2, 0.25) is 0 Å². The summed E-state index contributed by atoms with van der Waals surface area (Å²) in [5.74, 6) is -0.721. The molecule has 1 aliphatic rings. The van der Waals surface area contributed by atoms with Gasteiger partial charge in [-0.25, -0.2) is 9.69 Å². The molecule has 128 valence electrons. The molecular formula is C17H14N2O5S. The monoisotopic (exact) mass is 358 g/mol. The summed E-state index contributed by atoms with van der Waals surface area (Å²) in [5, 5.41) is 4.00. The van der Waals surface area contributed by atoms with Crippen molar-refractivity contribution in [2.75, 3.05) is 19.1 Å². The average molecular weight is 358 g/mol. The molecule has 0 unspecified atom stereocenters. The van der Waals surface area contributed by atoms with Crippen LogP contribution in [0, 0.1) is 0 Å². The lowest BCUT2D eigenvalue weighted by atomic mass is 10.1. The molecule has 1 fully saturated rings. The third-order valence-corrected chi connectivity index (χ3v) is 4.38. The Morgan fingerprint density at radius 1 is 1.12 bits per heavy atom. The largest absolute Gasteiger partial charge is 0.497 e. The second-order valence-electron chi connectivity index (χ2n) is 5.01. The first kappa shape index (κ1) is 16.7. The molecule has 0 spiro atoms. The van der Waals surface area contributed by atoms with Crippen molar-refractivity contribution in [3.05, 3.63) is 46.2 Å². The van der Waals surface area contributed by atoms with E-state index < -0.39 is 17.8 Å².